The highest BCUT2D eigenvalue weighted by Crippen LogP contribution is 2.40. The molecular formula is C16H30N2O. The number of carbonyl (C=O) groups excluding carboxylic acids is 1. The summed E-state index contributed by atoms with van der Waals surface area (Å²) in [5.41, 5.74) is 6.37. The molecular weight excluding hydrogens is 236 g/mol. The third kappa shape index (κ3) is 3.31. The third-order valence-electron chi connectivity index (χ3n) is 5.62. The summed E-state index contributed by atoms with van der Waals surface area (Å²) >= 11 is 0. The SMILES string of the molecule is CCC1(CNC(=O)C2CCCCC2(C)N)CCCC1. The molecule has 0 aromatic rings. The maximum atomic E-state index is 12.4. The molecule has 2 atom stereocenters. The Morgan fingerprint density at radius 3 is 2.42 bits per heavy atom. The first-order chi connectivity index (χ1) is 8.99. The molecule has 3 nitrogen and oxygen atoms in total. The predicted molar refractivity (Wildman–Crippen MR) is 78.8 cm³/mol. The summed E-state index contributed by atoms with van der Waals surface area (Å²) in [5, 5.41) is 3.22. The van der Waals surface area contributed by atoms with Gasteiger partial charge in [0.2, 0.25) is 5.91 Å². The fourth-order valence-corrected chi connectivity index (χ4v) is 3.97. The molecule has 2 saturated carbocycles. The van der Waals surface area contributed by atoms with Gasteiger partial charge in [-0.3, -0.25) is 4.79 Å². The lowest BCUT2D eigenvalue weighted by Gasteiger charge is -2.38. The van der Waals surface area contributed by atoms with Gasteiger partial charge in [0.25, 0.3) is 0 Å². The highest BCUT2D eigenvalue weighted by Gasteiger charge is 2.39. The third-order valence-corrected chi connectivity index (χ3v) is 5.62. The second-order valence-corrected chi connectivity index (χ2v) is 7.08. The average molecular weight is 266 g/mol. The highest BCUT2D eigenvalue weighted by atomic mass is 16.1. The fraction of sp³-hybridized carbons (Fsp3) is 0.938. The van der Waals surface area contributed by atoms with E-state index in [1.807, 2.05) is 6.92 Å². The molecule has 0 heterocycles. The van der Waals surface area contributed by atoms with Crippen LogP contribution < -0.4 is 11.1 Å². The summed E-state index contributed by atoms with van der Waals surface area (Å²) in [6.07, 6.45) is 10.6. The standard InChI is InChI=1S/C16H30N2O/c1-3-16(10-6-7-11-16)12-18-14(19)13-8-4-5-9-15(13,2)17/h13H,3-12,17H2,1-2H3,(H,18,19). The van der Waals surface area contributed by atoms with E-state index in [1.165, 1.54) is 32.1 Å². The van der Waals surface area contributed by atoms with E-state index in [1.54, 1.807) is 0 Å². The molecule has 3 heteroatoms. The Labute approximate surface area is 117 Å². The first kappa shape index (κ1) is 14.8. The van der Waals surface area contributed by atoms with E-state index in [9.17, 15) is 4.79 Å². The summed E-state index contributed by atoms with van der Waals surface area (Å²) in [7, 11) is 0. The molecule has 2 rings (SSSR count). The van der Waals surface area contributed by atoms with Crippen LogP contribution in [0.5, 0.6) is 0 Å². The molecule has 2 unspecified atom stereocenters. The Kier molecular flexibility index (Phi) is 4.54. The van der Waals surface area contributed by atoms with Gasteiger partial charge >= 0.3 is 0 Å². The Balaban J connectivity index is 1.90. The van der Waals surface area contributed by atoms with Gasteiger partial charge in [-0.15, -0.1) is 0 Å². The summed E-state index contributed by atoms with van der Waals surface area (Å²) in [6, 6.07) is 0. The first-order valence-electron chi connectivity index (χ1n) is 8.06. The number of nitrogens with two attached hydrogens (primary N) is 1. The summed E-state index contributed by atoms with van der Waals surface area (Å²) in [6.45, 7) is 5.15. The molecule has 1 amide bonds. The van der Waals surface area contributed by atoms with Crippen molar-refractivity contribution in [3.63, 3.8) is 0 Å². The largest absolute Gasteiger partial charge is 0.355 e. The zero-order chi connectivity index (χ0) is 13.9. The van der Waals surface area contributed by atoms with Crippen LogP contribution in [0.4, 0.5) is 0 Å². The highest BCUT2D eigenvalue weighted by molar-refractivity contribution is 5.80. The molecule has 3 N–H and O–H groups in total. The van der Waals surface area contributed by atoms with Crippen LogP contribution in [0.25, 0.3) is 0 Å². The Bertz CT molecular complexity index is 319. The maximum absolute atomic E-state index is 12.4. The maximum Gasteiger partial charge on any atom is 0.224 e. The molecule has 0 aromatic heterocycles. The monoisotopic (exact) mass is 266 g/mol. The van der Waals surface area contributed by atoms with Crippen LogP contribution in [0, 0.1) is 11.3 Å². The second kappa shape index (κ2) is 5.82. The molecule has 0 saturated heterocycles. The van der Waals surface area contributed by atoms with Gasteiger partial charge in [-0.05, 0) is 44.4 Å². The number of hydrogen-bond donors (Lipinski definition) is 2. The number of hydrogen-bond acceptors (Lipinski definition) is 2. The van der Waals surface area contributed by atoms with E-state index in [4.69, 9.17) is 5.73 Å². The quantitative estimate of drug-likeness (QED) is 0.822. The minimum absolute atomic E-state index is 0.0107. The molecule has 0 spiro atoms. The Morgan fingerprint density at radius 1 is 1.21 bits per heavy atom. The summed E-state index contributed by atoms with van der Waals surface area (Å²) in [5.74, 6) is 0.209. The van der Waals surface area contributed by atoms with Crippen molar-refractivity contribution in [1.29, 1.82) is 0 Å². The van der Waals surface area contributed by atoms with Crippen molar-refractivity contribution in [2.45, 2.75) is 77.2 Å². The normalized spacial score (nSPS) is 34.2. The van der Waals surface area contributed by atoms with Gasteiger partial charge in [0, 0.05) is 12.1 Å². The van der Waals surface area contributed by atoms with Crippen LogP contribution in [0.3, 0.4) is 0 Å². The Hall–Kier alpha value is -0.570. The van der Waals surface area contributed by atoms with Crippen LogP contribution in [-0.4, -0.2) is 18.0 Å². The van der Waals surface area contributed by atoms with Crippen molar-refractivity contribution < 1.29 is 4.79 Å². The van der Waals surface area contributed by atoms with Crippen LogP contribution in [0.2, 0.25) is 0 Å². The van der Waals surface area contributed by atoms with Gasteiger partial charge in [-0.1, -0.05) is 32.6 Å². The van der Waals surface area contributed by atoms with Crippen molar-refractivity contribution >= 4 is 5.91 Å². The zero-order valence-corrected chi connectivity index (χ0v) is 12.6. The number of amides is 1. The number of nitrogens with one attached hydrogen (secondary N) is 1. The van der Waals surface area contributed by atoms with Gasteiger partial charge in [-0.25, -0.2) is 0 Å². The molecule has 2 aliphatic rings. The summed E-state index contributed by atoms with van der Waals surface area (Å²) in [4.78, 5) is 12.4. The molecule has 2 fully saturated rings. The average Bonchev–Trinajstić information content (AvgIpc) is 2.85. The Morgan fingerprint density at radius 2 is 1.84 bits per heavy atom. The molecule has 19 heavy (non-hydrogen) atoms. The first-order valence-corrected chi connectivity index (χ1v) is 8.06. The van der Waals surface area contributed by atoms with Gasteiger partial charge in [0.1, 0.15) is 0 Å². The van der Waals surface area contributed by atoms with E-state index < -0.39 is 0 Å². The van der Waals surface area contributed by atoms with E-state index in [-0.39, 0.29) is 17.4 Å². The summed E-state index contributed by atoms with van der Waals surface area (Å²) < 4.78 is 0. The van der Waals surface area contributed by atoms with Crippen LogP contribution in [0.1, 0.15) is 71.6 Å². The molecule has 0 bridgehead atoms. The smallest absolute Gasteiger partial charge is 0.224 e. The predicted octanol–water partition coefficient (Wildman–Crippen LogP) is 2.98. The number of carbonyl (C=O) groups is 1. The molecule has 0 aliphatic heterocycles. The lowest BCUT2D eigenvalue weighted by Crippen LogP contribution is -2.53. The molecule has 2 aliphatic carbocycles. The van der Waals surface area contributed by atoms with Crippen molar-refractivity contribution in [1.82, 2.24) is 5.32 Å². The van der Waals surface area contributed by atoms with Crippen LogP contribution in [-0.2, 0) is 4.79 Å². The van der Waals surface area contributed by atoms with Crippen LogP contribution in [0.15, 0.2) is 0 Å². The minimum atomic E-state index is -0.308. The number of rotatable bonds is 4. The van der Waals surface area contributed by atoms with Crippen LogP contribution >= 0.6 is 0 Å². The minimum Gasteiger partial charge on any atom is -0.355 e. The van der Waals surface area contributed by atoms with Crippen molar-refractivity contribution in [3.8, 4) is 0 Å². The second-order valence-electron chi connectivity index (χ2n) is 7.08. The topological polar surface area (TPSA) is 55.1 Å². The molecule has 110 valence electrons. The van der Waals surface area contributed by atoms with Gasteiger partial charge in [-0.2, -0.15) is 0 Å². The molecule has 0 radical (unpaired) electrons. The van der Waals surface area contributed by atoms with Crippen molar-refractivity contribution in [2.24, 2.45) is 17.1 Å². The van der Waals surface area contributed by atoms with Gasteiger partial charge in [0.15, 0.2) is 0 Å². The van der Waals surface area contributed by atoms with E-state index >= 15 is 0 Å². The van der Waals surface area contributed by atoms with Crippen molar-refractivity contribution in [2.75, 3.05) is 6.54 Å². The zero-order valence-electron chi connectivity index (χ0n) is 12.6. The van der Waals surface area contributed by atoms with Gasteiger partial charge in [0.05, 0.1) is 5.92 Å². The van der Waals surface area contributed by atoms with E-state index in [0.29, 0.717) is 5.41 Å². The molecule has 0 aromatic carbocycles. The van der Waals surface area contributed by atoms with E-state index in [0.717, 1.165) is 32.2 Å². The lowest BCUT2D eigenvalue weighted by atomic mass is 9.74. The fourth-order valence-electron chi connectivity index (χ4n) is 3.97. The van der Waals surface area contributed by atoms with Gasteiger partial charge < -0.3 is 11.1 Å². The van der Waals surface area contributed by atoms with Crippen molar-refractivity contribution in [3.05, 3.63) is 0 Å². The van der Waals surface area contributed by atoms with E-state index in [2.05, 4.69) is 12.2 Å². The lowest BCUT2D eigenvalue weighted by molar-refractivity contribution is -0.128.